The van der Waals surface area contributed by atoms with Gasteiger partial charge in [-0.1, -0.05) is 33.6 Å². The molecule has 5 rings (SSSR count). The molecule has 1 amide bonds. The molecule has 1 radical (unpaired) electrons. The van der Waals surface area contributed by atoms with Crippen molar-refractivity contribution in [3.05, 3.63) is 28.5 Å². The molecule has 4 bridgehead atoms. The van der Waals surface area contributed by atoms with Crippen molar-refractivity contribution in [1.82, 2.24) is 0 Å². The summed E-state index contributed by atoms with van der Waals surface area (Å²) in [6, 6.07) is 0. The Morgan fingerprint density at radius 2 is 1.59 bits per heavy atom. The number of amides is 1. The van der Waals surface area contributed by atoms with Crippen LogP contribution in [0.25, 0.3) is 5.73 Å². The van der Waals surface area contributed by atoms with Gasteiger partial charge < -0.3 is 10.5 Å². The van der Waals surface area contributed by atoms with Crippen molar-refractivity contribution in [2.24, 2.45) is 28.6 Å². The maximum atomic E-state index is 11.5. The standard InChI is InChI=1S/C12H19NO.C9H13.C2H7Ge.Zr/c1-11-3-8-2-9(4-11)6-12(5-8,7-11)10(13)14;1-6-5-7(2)9(4)8(6)3;1-3-2;/h8-9H,2-7H2,1H3,(H2,13,14);6H,1-4H3;3H,1-2H3;/q;-1;;+2/p-1. The number of carbonyl (C=O) groups excluding carboxylic acids is 1. The van der Waals surface area contributed by atoms with Crippen molar-refractivity contribution in [2.45, 2.75) is 84.7 Å². The van der Waals surface area contributed by atoms with Crippen LogP contribution in [-0.4, -0.2) is 21.3 Å². The number of nitrogens with one attached hydrogen (secondary N) is 1. The fourth-order valence-corrected chi connectivity index (χ4v) is 6.15. The Balaban J connectivity index is 0.000000245. The van der Waals surface area contributed by atoms with Crippen LogP contribution in [0.1, 0.15) is 73.1 Å². The Kier molecular flexibility index (Phi) is 9.34. The van der Waals surface area contributed by atoms with Gasteiger partial charge in [0.2, 0.25) is 0 Å². The summed E-state index contributed by atoms with van der Waals surface area (Å²) in [6.07, 6.45) is 10.4. The van der Waals surface area contributed by atoms with Crippen LogP contribution in [0, 0.1) is 34.7 Å². The molecule has 0 aromatic carbocycles. The summed E-state index contributed by atoms with van der Waals surface area (Å²) in [5.74, 6) is 6.38. The zero-order chi connectivity index (χ0) is 19.7. The third kappa shape index (κ3) is 5.71. The van der Waals surface area contributed by atoms with E-state index in [1.165, 1.54) is 36.0 Å². The fourth-order valence-electron chi connectivity index (χ4n) is 6.15. The molecule has 3 unspecified atom stereocenters. The second kappa shape index (κ2) is 9.92. The summed E-state index contributed by atoms with van der Waals surface area (Å²) >= 11 is 0.312. The molecule has 4 fully saturated rings. The summed E-state index contributed by atoms with van der Waals surface area (Å²) in [7, 11) is 0. The second-order valence-electron chi connectivity index (χ2n) is 9.76. The van der Waals surface area contributed by atoms with Gasteiger partial charge in [0.15, 0.2) is 0 Å². The van der Waals surface area contributed by atoms with Crippen LogP contribution in [0.4, 0.5) is 0 Å². The van der Waals surface area contributed by atoms with Gasteiger partial charge in [0, 0.05) is 5.41 Å². The van der Waals surface area contributed by atoms with Crippen molar-refractivity contribution in [3.63, 3.8) is 0 Å². The van der Waals surface area contributed by atoms with E-state index in [4.69, 9.17) is 5.73 Å². The van der Waals surface area contributed by atoms with Gasteiger partial charge in [-0.15, -0.1) is 6.92 Å². The Bertz CT molecular complexity index is 595. The van der Waals surface area contributed by atoms with Crippen LogP contribution < -0.4 is 0 Å². The van der Waals surface area contributed by atoms with E-state index >= 15 is 0 Å². The predicted octanol–water partition coefficient (Wildman–Crippen LogP) is 6.41. The molecular formula is C23H38GeNOZr. The average molecular weight is 508 g/mol. The van der Waals surface area contributed by atoms with Gasteiger partial charge in [-0.2, -0.15) is 11.1 Å². The Labute approximate surface area is 193 Å². The average Bonchev–Trinajstić information content (AvgIpc) is 2.72. The van der Waals surface area contributed by atoms with E-state index in [0.29, 0.717) is 26.8 Å². The van der Waals surface area contributed by atoms with E-state index < -0.39 is 0 Å². The van der Waals surface area contributed by atoms with Crippen molar-refractivity contribution >= 4 is 21.3 Å². The van der Waals surface area contributed by atoms with Crippen LogP contribution in [0.5, 0.6) is 0 Å². The van der Waals surface area contributed by atoms with E-state index in [1.807, 2.05) is 0 Å². The topological polar surface area (TPSA) is 40.9 Å². The second-order valence-corrected chi connectivity index (χ2v) is 12.2. The van der Waals surface area contributed by atoms with Crippen molar-refractivity contribution in [1.29, 1.82) is 0 Å². The molecule has 3 atom stereocenters. The van der Waals surface area contributed by atoms with Gasteiger partial charge in [0.05, 0.1) is 5.91 Å². The maximum Gasteiger partial charge on any atom is 2.00 e. The molecule has 0 spiro atoms. The first-order valence-electron chi connectivity index (χ1n) is 10.3. The molecule has 5 aliphatic rings. The van der Waals surface area contributed by atoms with Crippen LogP contribution in [-0.2, 0) is 31.0 Å². The normalized spacial score (nSPS) is 38.2. The largest absolute Gasteiger partial charge is 2.00 e. The monoisotopic (exact) mass is 508 g/mol. The van der Waals surface area contributed by atoms with Gasteiger partial charge in [-0.05, 0) is 55.8 Å². The fraction of sp³-hybridized carbons (Fsp3) is 0.783. The first kappa shape index (κ1) is 25.4. The summed E-state index contributed by atoms with van der Waals surface area (Å²) in [5.41, 5.74) is 11.9. The van der Waals surface area contributed by atoms with Crippen LogP contribution >= 0.6 is 0 Å². The quantitative estimate of drug-likeness (QED) is 0.298. The van der Waals surface area contributed by atoms with Crippen molar-refractivity contribution < 1.29 is 31.0 Å². The van der Waals surface area contributed by atoms with E-state index in [0.717, 1.165) is 31.1 Å². The van der Waals surface area contributed by atoms with E-state index in [9.17, 15) is 4.79 Å². The Morgan fingerprint density at radius 3 is 1.85 bits per heavy atom. The Hall–Kier alpha value is 0.376. The SMILES string of the molecule is CC12CC3CC(C1)CC(C([NH-])=O)(C3)C2.CC1=[C-]C(C)C(C)=C1C.[CH3][GeH][CH3].[Zr+2]. The predicted molar refractivity (Wildman–Crippen MR) is 113 cm³/mol. The molecule has 0 heterocycles. The molecule has 4 heteroatoms. The molecule has 0 aliphatic heterocycles. The van der Waals surface area contributed by atoms with Crippen LogP contribution in [0.3, 0.4) is 0 Å². The van der Waals surface area contributed by atoms with Crippen molar-refractivity contribution in [3.8, 4) is 0 Å². The van der Waals surface area contributed by atoms with Gasteiger partial charge >= 0.3 is 53.1 Å². The van der Waals surface area contributed by atoms with Crippen LogP contribution in [0.15, 0.2) is 16.7 Å². The minimum Gasteiger partial charge on any atom is 2.00 e. The molecule has 2 nitrogen and oxygen atoms in total. The molecule has 27 heavy (non-hydrogen) atoms. The molecule has 5 aliphatic carbocycles. The third-order valence-electron chi connectivity index (χ3n) is 7.07. The zero-order valence-electron chi connectivity index (χ0n) is 18.5. The molecule has 0 aromatic rings. The number of allylic oxidation sites excluding steroid dienone is 4. The summed E-state index contributed by atoms with van der Waals surface area (Å²) in [5, 5.41) is 0. The minimum absolute atomic E-state index is 0. The maximum absolute atomic E-state index is 11.5. The first-order chi connectivity index (χ1) is 12.1. The zero-order valence-corrected chi connectivity index (χ0v) is 23.3. The number of carbonyl (C=O) groups is 1. The first-order valence-corrected chi connectivity index (χ1v) is 15.2. The van der Waals surface area contributed by atoms with Crippen molar-refractivity contribution in [2.75, 3.05) is 0 Å². The minimum atomic E-state index is -0.266. The number of rotatable bonds is 1. The van der Waals surface area contributed by atoms with E-state index in [1.54, 1.807) is 0 Å². The molecule has 0 aromatic heterocycles. The third-order valence-corrected chi connectivity index (χ3v) is 7.07. The molecular weight excluding hydrogens is 470 g/mol. The molecule has 1 N–H and O–H groups in total. The molecule has 4 saturated carbocycles. The number of hydrogen-bond donors (Lipinski definition) is 0. The summed E-state index contributed by atoms with van der Waals surface area (Å²) in [6.45, 7) is 11.0. The molecule has 149 valence electrons. The number of hydrogen-bond acceptors (Lipinski definition) is 1. The smallest absolute Gasteiger partial charge is 2.00 e. The molecule has 0 saturated heterocycles. The van der Waals surface area contributed by atoms with E-state index in [2.05, 4.69) is 52.2 Å². The summed E-state index contributed by atoms with van der Waals surface area (Å²) < 4.78 is 0. The van der Waals surface area contributed by atoms with Gasteiger partial charge in [0.1, 0.15) is 0 Å². The van der Waals surface area contributed by atoms with Gasteiger partial charge in [-0.3, -0.25) is 6.08 Å². The Morgan fingerprint density at radius 1 is 1.11 bits per heavy atom. The van der Waals surface area contributed by atoms with Gasteiger partial charge in [0.25, 0.3) is 0 Å². The summed E-state index contributed by atoms with van der Waals surface area (Å²) in [4.78, 5) is 11.5. The van der Waals surface area contributed by atoms with Gasteiger partial charge in [-0.25, -0.2) is 5.57 Å². The van der Waals surface area contributed by atoms with Crippen LogP contribution in [0.2, 0.25) is 11.5 Å². The van der Waals surface area contributed by atoms with E-state index in [-0.39, 0.29) is 37.5 Å².